The molecule has 1 rings (SSSR count). The van der Waals surface area contributed by atoms with Crippen LogP contribution in [0.15, 0.2) is 16.6 Å². The van der Waals surface area contributed by atoms with E-state index in [1.165, 1.54) is 0 Å². The fraction of sp³-hybridized carbons (Fsp3) is 0.538. The molecule has 5 heteroatoms. The monoisotopic (exact) mass is 382 g/mol. The number of halogens is 3. The molecule has 0 aliphatic carbocycles. The predicted molar refractivity (Wildman–Crippen MR) is 76.9 cm³/mol. The molecular formula is C13H19BrF2GeO. The van der Waals surface area contributed by atoms with E-state index < -0.39 is 26.0 Å². The van der Waals surface area contributed by atoms with Crippen LogP contribution in [0.3, 0.4) is 0 Å². The quantitative estimate of drug-likeness (QED) is 0.531. The van der Waals surface area contributed by atoms with Crippen molar-refractivity contribution < 1.29 is 13.5 Å². The summed E-state index contributed by atoms with van der Waals surface area (Å²) in [6.45, 7) is 8.87. The van der Waals surface area contributed by atoms with Crippen molar-refractivity contribution in [2.75, 3.05) is 5.44 Å². The van der Waals surface area contributed by atoms with Gasteiger partial charge in [0.1, 0.15) is 0 Å². The molecule has 0 aromatic heterocycles. The maximum atomic E-state index is 13.1. The minimum absolute atomic E-state index is 0.394. The van der Waals surface area contributed by atoms with Gasteiger partial charge in [-0.05, 0) is 0 Å². The third kappa shape index (κ3) is 4.23. The number of benzene rings is 1. The van der Waals surface area contributed by atoms with Crippen LogP contribution in [0.4, 0.5) is 8.78 Å². The van der Waals surface area contributed by atoms with Crippen molar-refractivity contribution >= 4 is 30.3 Å². The average Bonchev–Trinajstić information content (AvgIpc) is 2.24. The van der Waals surface area contributed by atoms with Crippen molar-refractivity contribution in [1.29, 1.82) is 0 Å². The van der Waals surface area contributed by atoms with E-state index in [2.05, 4.69) is 43.6 Å². The molecule has 1 aromatic carbocycles. The summed E-state index contributed by atoms with van der Waals surface area (Å²) in [5, 5.41) is 0. The van der Waals surface area contributed by atoms with E-state index in [0.29, 0.717) is 25.2 Å². The van der Waals surface area contributed by atoms with Crippen molar-refractivity contribution in [2.45, 2.75) is 37.2 Å². The van der Waals surface area contributed by atoms with Gasteiger partial charge in [0.15, 0.2) is 0 Å². The first-order valence-corrected chi connectivity index (χ1v) is 11.4. The molecule has 0 N–H and O–H groups in total. The zero-order valence-corrected chi connectivity index (χ0v) is 15.1. The summed E-state index contributed by atoms with van der Waals surface area (Å²) in [5.74, 6) is -1.34. The topological polar surface area (TPSA) is 9.23 Å². The third-order valence-corrected chi connectivity index (χ3v) is 12.1. The summed E-state index contributed by atoms with van der Waals surface area (Å²) in [6, 6.07) is 2.22. The van der Waals surface area contributed by atoms with E-state index in [0.717, 1.165) is 12.1 Å². The number of hydrogen-bond donors (Lipinski definition) is 0. The molecule has 0 bridgehead atoms. The molecule has 0 spiro atoms. The number of hydrogen-bond acceptors (Lipinski definition) is 1. The summed E-state index contributed by atoms with van der Waals surface area (Å²) in [5.41, 5.74) is 0.687. The molecule has 102 valence electrons. The Morgan fingerprint density at radius 3 is 2.11 bits per heavy atom. The maximum absolute atomic E-state index is 13.1. The van der Waals surface area contributed by atoms with E-state index in [-0.39, 0.29) is 0 Å². The first kappa shape index (κ1) is 16.0. The van der Waals surface area contributed by atoms with Crippen molar-refractivity contribution in [3.63, 3.8) is 0 Å². The normalized spacial score (nSPS) is 11.7. The second kappa shape index (κ2) is 6.89. The van der Waals surface area contributed by atoms with E-state index in [9.17, 15) is 8.78 Å². The van der Waals surface area contributed by atoms with Gasteiger partial charge in [0.2, 0.25) is 0 Å². The Morgan fingerprint density at radius 1 is 1.11 bits per heavy atom. The van der Waals surface area contributed by atoms with Gasteiger partial charge >= 0.3 is 120 Å². The van der Waals surface area contributed by atoms with Crippen LogP contribution in [0.1, 0.15) is 27.7 Å². The van der Waals surface area contributed by atoms with E-state index in [4.69, 9.17) is 4.74 Å². The molecule has 0 radical (unpaired) electrons. The fourth-order valence-electron chi connectivity index (χ4n) is 1.96. The number of rotatable bonds is 5. The Balaban J connectivity index is 2.76. The van der Waals surface area contributed by atoms with Gasteiger partial charge in [-0.15, -0.1) is 0 Å². The van der Waals surface area contributed by atoms with Crippen LogP contribution in [0.5, 0.6) is 5.75 Å². The van der Waals surface area contributed by atoms with Gasteiger partial charge in [-0.2, -0.15) is 0 Å². The van der Waals surface area contributed by atoms with E-state index in [1.54, 1.807) is 0 Å². The molecule has 0 fully saturated rings. The van der Waals surface area contributed by atoms with Crippen LogP contribution in [-0.2, 0) is 0 Å². The Morgan fingerprint density at radius 2 is 1.61 bits per heavy atom. The molecular weight excluding hydrogens is 363 g/mol. The molecule has 0 saturated heterocycles. The molecule has 18 heavy (non-hydrogen) atoms. The summed E-state index contributed by atoms with van der Waals surface area (Å²) in [4.78, 5) is 0. The van der Waals surface area contributed by atoms with E-state index in [1.807, 2.05) is 0 Å². The molecule has 0 heterocycles. The van der Waals surface area contributed by atoms with Crippen molar-refractivity contribution in [2.24, 2.45) is 0 Å². The zero-order valence-electron chi connectivity index (χ0n) is 11.1. The van der Waals surface area contributed by atoms with Crippen molar-refractivity contribution in [3.05, 3.63) is 28.2 Å². The van der Waals surface area contributed by atoms with Crippen LogP contribution >= 0.6 is 15.9 Å². The van der Waals surface area contributed by atoms with Crippen LogP contribution in [0.25, 0.3) is 0 Å². The van der Waals surface area contributed by atoms with Gasteiger partial charge in [0.05, 0.1) is 0 Å². The standard InChI is InChI=1S/C13H19BrF2GeO/c1-8(2)17(9(3)4)7-18-13-6-12(16)11(15)5-10(13)14/h5-6,8-9,17H,7H2,1-4H3. The van der Waals surface area contributed by atoms with Crippen LogP contribution in [-0.4, -0.2) is 19.8 Å². The predicted octanol–water partition coefficient (Wildman–Crippen LogP) is 4.69. The van der Waals surface area contributed by atoms with Gasteiger partial charge in [-0.25, -0.2) is 0 Å². The second-order valence-corrected chi connectivity index (χ2v) is 15.1. The van der Waals surface area contributed by atoms with Gasteiger partial charge in [0, 0.05) is 0 Å². The van der Waals surface area contributed by atoms with Gasteiger partial charge in [-0.3, -0.25) is 0 Å². The summed E-state index contributed by atoms with van der Waals surface area (Å²) in [7, 11) is 0. The van der Waals surface area contributed by atoms with Crippen LogP contribution in [0, 0.1) is 11.6 Å². The van der Waals surface area contributed by atoms with Crippen molar-refractivity contribution in [3.8, 4) is 5.75 Å². The number of ether oxygens (including phenoxy) is 1. The molecule has 1 nitrogen and oxygen atoms in total. The molecule has 1 aromatic rings. The first-order valence-electron chi connectivity index (χ1n) is 6.10. The first-order chi connectivity index (χ1) is 8.32. The molecule has 0 amide bonds. The minimum atomic E-state index is -1.56. The molecule has 0 unspecified atom stereocenters. The fourth-order valence-corrected chi connectivity index (χ4v) is 8.01. The molecule has 0 saturated carbocycles. The second-order valence-electron chi connectivity index (χ2n) is 5.16. The summed E-state index contributed by atoms with van der Waals surface area (Å²) >= 11 is 1.63. The van der Waals surface area contributed by atoms with Gasteiger partial charge < -0.3 is 0 Å². The third-order valence-electron chi connectivity index (χ3n) is 3.12. The van der Waals surface area contributed by atoms with Gasteiger partial charge in [0.25, 0.3) is 0 Å². The summed E-state index contributed by atoms with van der Waals surface area (Å²) in [6.07, 6.45) is 0. The van der Waals surface area contributed by atoms with Gasteiger partial charge in [-0.1, -0.05) is 0 Å². The Labute approximate surface area is 120 Å². The Bertz CT molecular complexity index is 402. The van der Waals surface area contributed by atoms with Crippen LogP contribution < -0.4 is 4.74 Å². The average molecular weight is 382 g/mol. The van der Waals surface area contributed by atoms with Crippen molar-refractivity contribution in [1.82, 2.24) is 0 Å². The SMILES string of the molecule is C[CH](C)[GeH]([CH2]Oc1cc(F)c(F)cc1Br)[CH](C)C. The Hall–Kier alpha value is -0.0971. The molecule has 0 atom stereocenters. The Kier molecular flexibility index (Phi) is 6.11. The molecule has 0 aliphatic rings. The zero-order chi connectivity index (χ0) is 13.9. The van der Waals surface area contributed by atoms with Crippen LogP contribution in [0.2, 0.25) is 9.50 Å². The summed E-state index contributed by atoms with van der Waals surface area (Å²) < 4.78 is 33.6. The van der Waals surface area contributed by atoms with E-state index >= 15 is 0 Å². The molecule has 0 aliphatic heterocycles.